The van der Waals surface area contributed by atoms with Gasteiger partial charge in [-0.05, 0) is 24.3 Å². The molecule has 5 nitrogen and oxygen atoms in total. The summed E-state index contributed by atoms with van der Waals surface area (Å²) >= 11 is 30.9. The Morgan fingerprint density at radius 2 is 1.33 bits per heavy atom. The molecule has 2 aromatic carbocycles. The molecular weight excluding hydrogens is 478 g/mol. The normalized spacial score (nSPS) is 13.1. The van der Waals surface area contributed by atoms with E-state index in [4.69, 9.17) is 58.0 Å². The molecule has 11 heteroatoms. The second-order valence-corrected chi connectivity index (χ2v) is 8.23. The molecule has 3 rings (SSSR count). The summed E-state index contributed by atoms with van der Waals surface area (Å²) < 4.78 is 0. The number of benzene rings is 2. The largest absolute Gasteiger partial charge is 0.282 e. The number of nitrogens with zero attached hydrogens (tertiary/aromatic N) is 1. The number of nitrogens with one attached hydrogen (secondary N) is 1. The van der Waals surface area contributed by atoms with Gasteiger partial charge >= 0.3 is 0 Å². The number of hydrogen-bond donors (Lipinski definition) is 1. The van der Waals surface area contributed by atoms with Crippen LogP contribution in [0.3, 0.4) is 0 Å². The van der Waals surface area contributed by atoms with Gasteiger partial charge in [-0.1, -0.05) is 58.0 Å². The number of amides is 3. The molecule has 2 aromatic rings. The van der Waals surface area contributed by atoms with Crippen LogP contribution in [-0.4, -0.2) is 28.5 Å². The van der Waals surface area contributed by atoms with Crippen molar-refractivity contribution in [3.63, 3.8) is 0 Å². The third-order valence-electron chi connectivity index (χ3n) is 3.52. The Kier molecular flexibility index (Phi) is 6.15. The summed E-state index contributed by atoms with van der Waals surface area (Å²) in [6, 6.07) is 6.85. The van der Waals surface area contributed by atoms with Crippen molar-refractivity contribution in [1.82, 2.24) is 10.4 Å². The Bertz CT molecular complexity index is 934. The molecule has 1 N–H and O–H groups in total. The van der Waals surface area contributed by atoms with Gasteiger partial charge in [-0.3, -0.25) is 19.8 Å². The molecule has 0 aromatic heterocycles. The van der Waals surface area contributed by atoms with Gasteiger partial charge in [0.1, 0.15) is 0 Å². The van der Waals surface area contributed by atoms with Crippen molar-refractivity contribution in [2.45, 2.75) is 4.90 Å². The van der Waals surface area contributed by atoms with Crippen LogP contribution in [-0.2, 0) is 4.79 Å². The monoisotopic (exact) mass is 482 g/mol. The van der Waals surface area contributed by atoms with Gasteiger partial charge < -0.3 is 0 Å². The van der Waals surface area contributed by atoms with Gasteiger partial charge in [0.15, 0.2) is 0 Å². The number of rotatable bonds is 4. The molecule has 0 atom stereocenters. The van der Waals surface area contributed by atoms with Crippen molar-refractivity contribution in [3.05, 3.63) is 60.5 Å². The van der Waals surface area contributed by atoms with Crippen LogP contribution in [0.15, 0.2) is 29.2 Å². The fraction of sp³-hybridized carbons (Fsp3) is 0.0625. The average Bonchev–Trinajstić information content (AvgIpc) is 2.89. The van der Waals surface area contributed by atoms with E-state index in [0.29, 0.717) is 10.0 Å². The maximum absolute atomic E-state index is 12.5. The lowest BCUT2D eigenvalue weighted by molar-refractivity contribution is -0.121. The average molecular weight is 485 g/mol. The maximum atomic E-state index is 12.5. The second kappa shape index (κ2) is 8.07. The SMILES string of the molecule is O=C(CSc1ccc(Cl)cc1)NN1C(=O)c2c(Cl)c(Cl)c(Cl)c(Cl)c2C1=O. The number of carbonyl (C=O) groups is 3. The van der Waals surface area contributed by atoms with E-state index >= 15 is 0 Å². The van der Waals surface area contributed by atoms with Crippen molar-refractivity contribution in [1.29, 1.82) is 0 Å². The van der Waals surface area contributed by atoms with E-state index < -0.39 is 17.7 Å². The van der Waals surface area contributed by atoms with E-state index in [0.717, 1.165) is 4.90 Å². The quantitative estimate of drug-likeness (QED) is 0.274. The summed E-state index contributed by atoms with van der Waals surface area (Å²) in [4.78, 5) is 38.0. The van der Waals surface area contributed by atoms with Crippen molar-refractivity contribution >= 4 is 87.5 Å². The van der Waals surface area contributed by atoms with E-state index in [1.165, 1.54) is 11.8 Å². The number of fused-ring (bicyclic) bond motifs is 1. The Morgan fingerprint density at radius 1 is 0.852 bits per heavy atom. The predicted molar refractivity (Wildman–Crippen MR) is 107 cm³/mol. The lowest BCUT2D eigenvalue weighted by atomic mass is 10.1. The third-order valence-corrected chi connectivity index (χ3v) is 6.59. The third kappa shape index (κ3) is 3.88. The first-order valence-electron chi connectivity index (χ1n) is 7.15. The van der Waals surface area contributed by atoms with Crippen LogP contribution in [0.1, 0.15) is 20.7 Å². The van der Waals surface area contributed by atoms with Gasteiger partial charge in [0.05, 0.1) is 37.0 Å². The maximum Gasteiger partial charge on any atom is 0.282 e. The van der Waals surface area contributed by atoms with E-state index in [2.05, 4.69) is 5.43 Å². The Hall–Kier alpha value is -1.15. The second-order valence-electron chi connectivity index (χ2n) is 5.23. The molecule has 27 heavy (non-hydrogen) atoms. The summed E-state index contributed by atoms with van der Waals surface area (Å²) in [7, 11) is 0. The minimum absolute atomic E-state index is 0.0436. The Balaban J connectivity index is 1.76. The van der Waals surface area contributed by atoms with Gasteiger partial charge in [-0.2, -0.15) is 5.01 Å². The van der Waals surface area contributed by atoms with Crippen LogP contribution >= 0.6 is 69.8 Å². The molecule has 0 unspecified atom stereocenters. The number of halogens is 5. The predicted octanol–water partition coefficient (Wildman–Crippen LogP) is 5.37. The smallest absolute Gasteiger partial charge is 0.272 e. The Morgan fingerprint density at radius 3 is 1.81 bits per heavy atom. The molecule has 0 radical (unpaired) electrons. The number of carbonyl (C=O) groups excluding carboxylic acids is 3. The van der Waals surface area contributed by atoms with Gasteiger partial charge in [0.25, 0.3) is 11.8 Å². The van der Waals surface area contributed by atoms with Gasteiger partial charge in [-0.25, -0.2) is 0 Å². The summed E-state index contributed by atoms with van der Waals surface area (Å²) in [5.74, 6) is -2.30. The number of hydrazine groups is 1. The van der Waals surface area contributed by atoms with Crippen LogP contribution in [0.5, 0.6) is 0 Å². The zero-order valence-electron chi connectivity index (χ0n) is 13.0. The fourth-order valence-electron chi connectivity index (χ4n) is 2.29. The molecule has 1 heterocycles. The number of imide groups is 1. The van der Waals surface area contributed by atoms with Gasteiger partial charge in [0, 0.05) is 9.92 Å². The molecule has 140 valence electrons. The van der Waals surface area contributed by atoms with E-state index in [1.54, 1.807) is 24.3 Å². The highest BCUT2D eigenvalue weighted by atomic mass is 35.5. The molecule has 0 saturated heterocycles. The van der Waals surface area contributed by atoms with E-state index in [-0.39, 0.29) is 37.0 Å². The molecule has 0 bridgehead atoms. The number of thioether (sulfide) groups is 1. The molecule has 0 fully saturated rings. The molecule has 3 amide bonds. The summed E-state index contributed by atoms with van der Waals surface area (Å²) in [6.07, 6.45) is 0. The number of hydrogen-bond acceptors (Lipinski definition) is 4. The standard InChI is InChI=1S/C16H7Cl5N2O3S/c17-6-1-3-7(4-2-6)27-5-8(24)22-23-15(25)9-10(16(23)26)12(19)14(21)13(20)11(9)18/h1-4H,5H2,(H,22,24). The van der Waals surface area contributed by atoms with Crippen LogP contribution < -0.4 is 5.43 Å². The van der Waals surface area contributed by atoms with Crippen molar-refractivity contribution in [3.8, 4) is 0 Å². The van der Waals surface area contributed by atoms with Gasteiger partial charge in [-0.15, -0.1) is 11.8 Å². The summed E-state index contributed by atoms with van der Waals surface area (Å²) in [5, 5.41) is 0.420. The lowest BCUT2D eigenvalue weighted by Gasteiger charge is -2.14. The molecule has 0 spiro atoms. The minimum atomic E-state index is -0.842. The first-order valence-corrected chi connectivity index (χ1v) is 10.0. The molecule has 0 aliphatic carbocycles. The topological polar surface area (TPSA) is 66.5 Å². The molecule has 0 saturated carbocycles. The molecule has 1 aliphatic heterocycles. The summed E-state index contributed by atoms with van der Waals surface area (Å²) in [5.41, 5.74) is 1.84. The van der Waals surface area contributed by atoms with E-state index in [9.17, 15) is 14.4 Å². The van der Waals surface area contributed by atoms with Crippen LogP contribution in [0.2, 0.25) is 25.1 Å². The van der Waals surface area contributed by atoms with Crippen LogP contribution in [0.25, 0.3) is 0 Å². The minimum Gasteiger partial charge on any atom is -0.272 e. The van der Waals surface area contributed by atoms with Crippen molar-refractivity contribution < 1.29 is 14.4 Å². The highest BCUT2D eigenvalue weighted by molar-refractivity contribution is 8.00. The van der Waals surface area contributed by atoms with Crippen molar-refractivity contribution in [2.75, 3.05) is 5.75 Å². The van der Waals surface area contributed by atoms with Gasteiger partial charge in [0.2, 0.25) is 5.91 Å². The zero-order valence-corrected chi connectivity index (χ0v) is 17.6. The molecular formula is C16H7Cl5N2O3S. The van der Waals surface area contributed by atoms with Crippen molar-refractivity contribution in [2.24, 2.45) is 0 Å². The zero-order chi connectivity index (χ0) is 19.9. The fourth-order valence-corrected chi connectivity index (χ4v) is 4.12. The van der Waals surface area contributed by atoms with E-state index in [1.807, 2.05) is 0 Å². The highest BCUT2D eigenvalue weighted by Crippen LogP contribution is 2.44. The van der Waals surface area contributed by atoms with Crippen LogP contribution in [0, 0.1) is 0 Å². The first kappa shape index (κ1) is 20.6. The Labute approximate surface area is 182 Å². The van der Waals surface area contributed by atoms with Crippen LogP contribution in [0.4, 0.5) is 0 Å². The first-order chi connectivity index (χ1) is 12.7. The molecule has 1 aliphatic rings. The lowest BCUT2D eigenvalue weighted by Crippen LogP contribution is -2.46. The highest BCUT2D eigenvalue weighted by Gasteiger charge is 2.42. The summed E-state index contributed by atoms with van der Waals surface area (Å²) in [6.45, 7) is 0.